The van der Waals surface area contributed by atoms with Gasteiger partial charge in [0.25, 0.3) is 0 Å². The smallest absolute Gasteiger partial charge is 0.231 e. The average Bonchev–Trinajstić information content (AvgIpc) is 3.23. The summed E-state index contributed by atoms with van der Waals surface area (Å²) in [4.78, 5) is 12.6. The van der Waals surface area contributed by atoms with Gasteiger partial charge in [0.2, 0.25) is 5.91 Å². The van der Waals surface area contributed by atoms with Gasteiger partial charge in [0.05, 0.1) is 24.9 Å². The van der Waals surface area contributed by atoms with Crippen molar-refractivity contribution in [2.75, 3.05) is 19.0 Å². The van der Waals surface area contributed by atoms with Gasteiger partial charge in [-0.1, -0.05) is 18.2 Å². The molecule has 0 fully saturated rings. The van der Waals surface area contributed by atoms with Crippen molar-refractivity contribution >= 4 is 24.0 Å². The molecule has 0 bridgehead atoms. The minimum atomic E-state index is -0.544. The van der Waals surface area contributed by atoms with Crippen LogP contribution in [0.4, 0.5) is 10.1 Å². The summed E-state index contributed by atoms with van der Waals surface area (Å²) >= 11 is 0. The van der Waals surface area contributed by atoms with Crippen LogP contribution in [0.25, 0.3) is 11.1 Å². The summed E-state index contributed by atoms with van der Waals surface area (Å²) in [5, 5.41) is 9.21. The van der Waals surface area contributed by atoms with E-state index in [0.29, 0.717) is 23.3 Å². The lowest BCUT2D eigenvalue weighted by Crippen LogP contribution is -2.32. The van der Waals surface area contributed by atoms with Crippen LogP contribution in [0.1, 0.15) is 5.56 Å². The molecule has 0 aliphatic carbocycles. The minimum absolute atomic E-state index is 0. The van der Waals surface area contributed by atoms with Crippen molar-refractivity contribution < 1.29 is 18.7 Å². The summed E-state index contributed by atoms with van der Waals surface area (Å²) in [5.41, 5.74) is 2.29. The Morgan fingerprint density at radius 3 is 2.93 bits per heavy atom. The van der Waals surface area contributed by atoms with E-state index in [1.807, 2.05) is 24.3 Å². The van der Waals surface area contributed by atoms with Gasteiger partial charge in [0.1, 0.15) is 23.9 Å². The molecule has 6 nitrogen and oxygen atoms in total. The summed E-state index contributed by atoms with van der Waals surface area (Å²) in [7, 11) is 1.49. The second-order valence-electron chi connectivity index (χ2n) is 6.33. The molecular weight excluding hydrogens is 385 g/mol. The fourth-order valence-electron chi connectivity index (χ4n) is 3.17. The number of fused-ring (bicyclic) bond motifs is 1. The number of nitrogens with one attached hydrogen (secondary N) is 2. The van der Waals surface area contributed by atoms with Crippen molar-refractivity contribution in [2.45, 2.75) is 6.42 Å². The molecule has 0 spiro atoms. The van der Waals surface area contributed by atoms with Crippen molar-refractivity contribution in [3.63, 3.8) is 0 Å². The standard InChI is InChI=1S/C20H18FN3O3.ClH/c1-26-19-8-17(16(21)7-15(19)14-9-22-23-10-14)24-20(25)13-6-12-4-2-3-5-18(12)27-11-13;/h2-5,7-10,13H,6,11H2,1H3,(H,22,23)(H,24,25);1H. The lowest BCUT2D eigenvalue weighted by molar-refractivity contribution is -0.121. The number of halogens is 2. The summed E-state index contributed by atoms with van der Waals surface area (Å²) < 4.78 is 25.6. The number of hydrogen-bond donors (Lipinski definition) is 2. The van der Waals surface area contributed by atoms with Crippen LogP contribution in [0.3, 0.4) is 0 Å². The molecule has 28 heavy (non-hydrogen) atoms. The molecule has 1 amide bonds. The van der Waals surface area contributed by atoms with Gasteiger partial charge in [-0.3, -0.25) is 9.89 Å². The van der Waals surface area contributed by atoms with Gasteiger partial charge in [-0.25, -0.2) is 4.39 Å². The maximum absolute atomic E-state index is 14.6. The number of amides is 1. The first-order valence-electron chi connectivity index (χ1n) is 8.54. The van der Waals surface area contributed by atoms with E-state index in [2.05, 4.69) is 15.5 Å². The van der Waals surface area contributed by atoms with Crippen LogP contribution in [0.2, 0.25) is 0 Å². The average molecular weight is 404 g/mol. The van der Waals surface area contributed by atoms with E-state index in [1.165, 1.54) is 19.2 Å². The lowest BCUT2D eigenvalue weighted by atomic mass is 9.96. The number of rotatable bonds is 4. The molecule has 0 saturated heterocycles. The zero-order valence-electron chi connectivity index (χ0n) is 15.1. The van der Waals surface area contributed by atoms with E-state index in [0.717, 1.165) is 11.3 Å². The third kappa shape index (κ3) is 3.80. The number of ether oxygens (including phenoxy) is 2. The number of anilines is 1. The van der Waals surface area contributed by atoms with E-state index in [4.69, 9.17) is 9.47 Å². The largest absolute Gasteiger partial charge is 0.496 e. The van der Waals surface area contributed by atoms with Gasteiger partial charge in [-0.2, -0.15) is 5.10 Å². The van der Waals surface area contributed by atoms with Gasteiger partial charge < -0.3 is 14.8 Å². The highest BCUT2D eigenvalue weighted by atomic mass is 35.5. The zero-order chi connectivity index (χ0) is 18.8. The Bertz CT molecular complexity index is 979. The number of H-pyrrole nitrogens is 1. The topological polar surface area (TPSA) is 76.2 Å². The van der Waals surface area contributed by atoms with Crippen LogP contribution in [-0.4, -0.2) is 29.8 Å². The maximum Gasteiger partial charge on any atom is 0.231 e. The fraction of sp³-hybridized carbons (Fsp3) is 0.200. The van der Waals surface area contributed by atoms with E-state index >= 15 is 0 Å². The molecule has 2 aromatic carbocycles. The predicted octanol–water partition coefficient (Wildman–Crippen LogP) is 3.84. The second-order valence-corrected chi connectivity index (χ2v) is 6.33. The monoisotopic (exact) mass is 403 g/mol. The molecule has 0 radical (unpaired) electrons. The molecule has 0 saturated carbocycles. The van der Waals surface area contributed by atoms with E-state index < -0.39 is 5.82 Å². The Hall–Kier alpha value is -3.06. The predicted molar refractivity (Wildman–Crippen MR) is 106 cm³/mol. The molecule has 146 valence electrons. The van der Waals surface area contributed by atoms with Gasteiger partial charge in [-0.05, 0) is 24.1 Å². The molecule has 1 atom stereocenters. The Labute approximate surface area is 167 Å². The first kappa shape index (κ1) is 19.7. The summed E-state index contributed by atoms with van der Waals surface area (Å²) in [6.45, 7) is 0.259. The van der Waals surface area contributed by atoms with Crippen LogP contribution in [0.15, 0.2) is 48.8 Å². The van der Waals surface area contributed by atoms with E-state index in [1.54, 1.807) is 12.4 Å². The number of aromatic amines is 1. The molecule has 8 heteroatoms. The minimum Gasteiger partial charge on any atom is -0.496 e. The molecule has 1 aromatic heterocycles. The van der Waals surface area contributed by atoms with Crippen molar-refractivity contribution in [3.8, 4) is 22.6 Å². The molecule has 3 aromatic rings. The number of hydrogen-bond acceptors (Lipinski definition) is 4. The molecule has 1 unspecified atom stereocenters. The number of carbonyl (C=O) groups is 1. The third-order valence-electron chi connectivity index (χ3n) is 4.61. The Morgan fingerprint density at radius 1 is 1.36 bits per heavy atom. The number of benzene rings is 2. The van der Waals surface area contributed by atoms with Crippen molar-refractivity contribution in [2.24, 2.45) is 5.92 Å². The van der Waals surface area contributed by atoms with E-state index in [-0.39, 0.29) is 36.5 Å². The van der Waals surface area contributed by atoms with Crippen LogP contribution in [0.5, 0.6) is 11.5 Å². The van der Waals surface area contributed by atoms with Crippen LogP contribution in [-0.2, 0) is 11.2 Å². The highest BCUT2D eigenvalue weighted by molar-refractivity contribution is 5.94. The Balaban J connectivity index is 0.00000225. The fourth-order valence-corrected chi connectivity index (χ4v) is 3.17. The van der Waals surface area contributed by atoms with Crippen molar-refractivity contribution in [1.29, 1.82) is 0 Å². The molecule has 2 heterocycles. The summed E-state index contributed by atoms with van der Waals surface area (Å²) in [5.74, 6) is 0.00930. The number of carbonyl (C=O) groups excluding carboxylic acids is 1. The molecule has 1 aliphatic rings. The van der Waals surface area contributed by atoms with Gasteiger partial charge in [-0.15, -0.1) is 12.4 Å². The first-order chi connectivity index (χ1) is 13.2. The molecular formula is C20H19ClFN3O3. The lowest BCUT2D eigenvalue weighted by Gasteiger charge is -2.24. The number of aromatic nitrogens is 2. The van der Waals surface area contributed by atoms with Crippen molar-refractivity contribution in [1.82, 2.24) is 10.2 Å². The van der Waals surface area contributed by atoms with E-state index in [9.17, 15) is 9.18 Å². The third-order valence-corrected chi connectivity index (χ3v) is 4.61. The zero-order valence-corrected chi connectivity index (χ0v) is 15.9. The van der Waals surface area contributed by atoms with Crippen LogP contribution >= 0.6 is 12.4 Å². The van der Waals surface area contributed by atoms with Crippen LogP contribution < -0.4 is 14.8 Å². The summed E-state index contributed by atoms with van der Waals surface area (Å²) in [6.07, 6.45) is 3.77. The molecule has 1 aliphatic heterocycles. The molecule has 2 N–H and O–H groups in total. The van der Waals surface area contributed by atoms with Gasteiger partial charge in [0, 0.05) is 23.4 Å². The number of para-hydroxylation sites is 1. The molecule has 4 rings (SSSR count). The SMILES string of the molecule is COc1cc(NC(=O)C2COc3ccccc3C2)c(F)cc1-c1cn[nH]c1.Cl. The normalized spacial score (nSPS) is 15.0. The maximum atomic E-state index is 14.6. The van der Waals surface area contributed by atoms with Crippen molar-refractivity contribution in [3.05, 3.63) is 60.2 Å². The second kappa shape index (κ2) is 8.31. The number of methoxy groups -OCH3 is 1. The van der Waals surface area contributed by atoms with Gasteiger partial charge in [0.15, 0.2) is 0 Å². The Kier molecular flexibility index (Phi) is 5.84. The van der Waals surface area contributed by atoms with Crippen LogP contribution in [0, 0.1) is 11.7 Å². The highest BCUT2D eigenvalue weighted by Gasteiger charge is 2.27. The quantitative estimate of drug-likeness (QED) is 0.694. The van der Waals surface area contributed by atoms with Gasteiger partial charge >= 0.3 is 0 Å². The Morgan fingerprint density at radius 2 is 2.18 bits per heavy atom. The number of nitrogens with zero attached hydrogens (tertiary/aromatic N) is 1. The first-order valence-corrected chi connectivity index (χ1v) is 8.54. The highest BCUT2D eigenvalue weighted by Crippen LogP contribution is 2.34. The summed E-state index contributed by atoms with van der Waals surface area (Å²) in [6, 6.07) is 10.4.